The number of carbonyl (C=O) groups excluding carboxylic acids is 1. The molecule has 0 heterocycles. The molecule has 4 heteroatoms. The lowest BCUT2D eigenvalue weighted by molar-refractivity contribution is -0.146. The summed E-state index contributed by atoms with van der Waals surface area (Å²) in [5.74, 6) is -1.77. The summed E-state index contributed by atoms with van der Waals surface area (Å²) in [5, 5.41) is 16.7. The van der Waals surface area contributed by atoms with E-state index in [0.717, 1.165) is 6.42 Å². The van der Waals surface area contributed by atoms with Crippen LogP contribution in [0.4, 0.5) is 0 Å². The van der Waals surface area contributed by atoms with Gasteiger partial charge < -0.3 is 4.74 Å². The van der Waals surface area contributed by atoms with Crippen molar-refractivity contribution in [3.8, 4) is 12.1 Å². The summed E-state index contributed by atoms with van der Waals surface area (Å²) in [6.45, 7) is 4.18. The smallest absolute Gasteiger partial charge is 0.338 e. The zero-order valence-corrected chi connectivity index (χ0v) is 7.78. The molecule has 1 unspecified atom stereocenters. The molecule has 0 saturated carbocycles. The number of hydrogen-bond acceptors (Lipinski definition) is 4. The molecule has 0 spiro atoms. The van der Waals surface area contributed by atoms with Gasteiger partial charge in [-0.25, -0.2) is 4.79 Å². The number of ether oxygens (including phenoxy) is 1. The lowest BCUT2D eigenvalue weighted by Gasteiger charge is -2.08. The Morgan fingerprint density at radius 2 is 2.00 bits per heavy atom. The van der Waals surface area contributed by atoms with Crippen LogP contribution in [0.15, 0.2) is 0 Å². The molecule has 0 rings (SSSR count). The molecule has 0 N–H and O–H groups in total. The Morgan fingerprint density at radius 1 is 1.46 bits per heavy atom. The van der Waals surface area contributed by atoms with E-state index in [0.29, 0.717) is 0 Å². The van der Waals surface area contributed by atoms with Crippen molar-refractivity contribution >= 4 is 5.97 Å². The summed E-state index contributed by atoms with van der Waals surface area (Å²) in [5.41, 5.74) is 0. The highest BCUT2D eigenvalue weighted by atomic mass is 16.5. The van der Waals surface area contributed by atoms with Crippen molar-refractivity contribution in [2.75, 3.05) is 6.61 Å². The first kappa shape index (κ1) is 11.4. The summed E-state index contributed by atoms with van der Waals surface area (Å²) >= 11 is 0. The number of nitrogens with zero attached hydrogens (tertiary/aromatic N) is 2. The van der Waals surface area contributed by atoms with Crippen molar-refractivity contribution in [3.63, 3.8) is 0 Å². The SMILES string of the molecule is CCC(C)COC(=O)C(C#N)C#N. The minimum absolute atomic E-state index is 0.266. The third-order valence-corrected chi connectivity index (χ3v) is 1.70. The van der Waals surface area contributed by atoms with Crippen molar-refractivity contribution in [1.29, 1.82) is 10.5 Å². The van der Waals surface area contributed by atoms with Crippen LogP contribution in [0.1, 0.15) is 20.3 Å². The Kier molecular flexibility index (Phi) is 5.30. The highest BCUT2D eigenvalue weighted by Crippen LogP contribution is 2.03. The molecule has 0 aliphatic heterocycles. The predicted molar refractivity (Wildman–Crippen MR) is 45.1 cm³/mol. The number of hydrogen-bond donors (Lipinski definition) is 0. The first-order valence-electron chi connectivity index (χ1n) is 4.11. The summed E-state index contributed by atoms with van der Waals surface area (Å²) < 4.78 is 4.75. The Morgan fingerprint density at radius 3 is 2.38 bits per heavy atom. The van der Waals surface area contributed by atoms with Crippen LogP contribution in [-0.4, -0.2) is 12.6 Å². The Hall–Kier alpha value is -1.55. The van der Waals surface area contributed by atoms with Gasteiger partial charge in [-0.1, -0.05) is 20.3 Å². The second-order valence-electron chi connectivity index (χ2n) is 2.83. The Balaban J connectivity index is 3.90. The molecule has 0 aromatic rings. The van der Waals surface area contributed by atoms with E-state index in [1.807, 2.05) is 13.8 Å². The highest BCUT2D eigenvalue weighted by Gasteiger charge is 2.18. The molecule has 0 aliphatic carbocycles. The van der Waals surface area contributed by atoms with Crippen molar-refractivity contribution in [2.24, 2.45) is 11.8 Å². The summed E-state index contributed by atoms with van der Waals surface area (Å²) in [6.07, 6.45) is 0.900. The average Bonchev–Trinajstić information content (AvgIpc) is 2.16. The van der Waals surface area contributed by atoms with E-state index in [1.54, 1.807) is 12.1 Å². The molecule has 0 bridgehead atoms. The third-order valence-electron chi connectivity index (χ3n) is 1.70. The maximum absolute atomic E-state index is 11.0. The second kappa shape index (κ2) is 6.02. The molecule has 1 atom stereocenters. The summed E-state index contributed by atoms with van der Waals surface area (Å²) in [7, 11) is 0. The van der Waals surface area contributed by atoms with Gasteiger partial charge in [0.15, 0.2) is 0 Å². The van der Waals surface area contributed by atoms with Crippen LogP contribution in [0.3, 0.4) is 0 Å². The zero-order chi connectivity index (χ0) is 10.3. The number of nitriles is 2. The molecule has 0 saturated heterocycles. The minimum Gasteiger partial charge on any atom is -0.464 e. The van der Waals surface area contributed by atoms with E-state index in [9.17, 15) is 4.79 Å². The van der Waals surface area contributed by atoms with Crippen LogP contribution >= 0.6 is 0 Å². The lowest BCUT2D eigenvalue weighted by atomic mass is 10.1. The molecule has 0 amide bonds. The molecular formula is C9H12N2O2. The fraction of sp³-hybridized carbons (Fsp3) is 0.667. The van der Waals surface area contributed by atoms with Crippen molar-refractivity contribution in [3.05, 3.63) is 0 Å². The summed E-state index contributed by atoms with van der Waals surface area (Å²) in [4.78, 5) is 11.0. The van der Waals surface area contributed by atoms with Crippen LogP contribution in [-0.2, 0) is 9.53 Å². The Bertz CT molecular complexity index is 235. The van der Waals surface area contributed by atoms with Gasteiger partial charge >= 0.3 is 5.97 Å². The first-order valence-corrected chi connectivity index (χ1v) is 4.11. The second-order valence-corrected chi connectivity index (χ2v) is 2.83. The summed E-state index contributed by atoms with van der Waals surface area (Å²) in [6, 6.07) is 3.12. The van der Waals surface area contributed by atoms with Gasteiger partial charge in [-0.05, 0) is 5.92 Å². The maximum atomic E-state index is 11.0. The van der Waals surface area contributed by atoms with E-state index in [-0.39, 0.29) is 12.5 Å². The van der Waals surface area contributed by atoms with E-state index in [4.69, 9.17) is 15.3 Å². The lowest BCUT2D eigenvalue weighted by Crippen LogP contribution is -2.17. The van der Waals surface area contributed by atoms with Crippen LogP contribution < -0.4 is 0 Å². The van der Waals surface area contributed by atoms with Crippen molar-refractivity contribution < 1.29 is 9.53 Å². The fourth-order valence-electron chi connectivity index (χ4n) is 0.560. The molecule has 13 heavy (non-hydrogen) atoms. The van der Waals surface area contributed by atoms with Gasteiger partial charge in [-0.3, -0.25) is 0 Å². The average molecular weight is 180 g/mol. The van der Waals surface area contributed by atoms with Gasteiger partial charge in [-0.15, -0.1) is 0 Å². The molecule has 0 aromatic carbocycles. The minimum atomic E-state index is -1.29. The third kappa shape index (κ3) is 4.12. The molecule has 0 radical (unpaired) electrons. The maximum Gasteiger partial charge on any atom is 0.338 e. The Labute approximate surface area is 77.7 Å². The normalized spacial score (nSPS) is 11.5. The van der Waals surface area contributed by atoms with Gasteiger partial charge in [0.2, 0.25) is 5.92 Å². The van der Waals surface area contributed by atoms with E-state index in [2.05, 4.69) is 0 Å². The quantitative estimate of drug-likeness (QED) is 0.610. The van der Waals surface area contributed by atoms with Crippen LogP contribution in [0.2, 0.25) is 0 Å². The zero-order valence-electron chi connectivity index (χ0n) is 7.78. The number of rotatable bonds is 4. The predicted octanol–water partition coefficient (Wildman–Crippen LogP) is 1.24. The molecular weight excluding hydrogens is 168 g/mol. The molecule has 0 aliphatic rings. The van der Waals surface area contributed by atoms with Gasteiger partial charge in [0, 0.05) is 0 Å². The van der Waals surface area contributed by atoms with E-state index < -0.39 is 11.9 Å². The van der Waals surface area contributed by atoms with Crippen LogP contribution in [0, 0.1) is 34.5 Å². The largest absolute Gasteiger partial charge is 0.464 e. The number of carbonyl (C=O) groups is 1. The molecule has 70 valence electrons. The number of esters is 1. The van der Waals surface area contributed by atoms with Crippen molar-refractivity contribution in [2.45, 2.75) is 20.3 Å². The molecule has 4 nitrogen and oxygen atoms in total. The fourth-order valence-corrected chi connectivity index (χ4v) is 0.560. The standard InChI is InChI=1S/C9H12N2O2/c1-3-7(2)6-13-9(12)8(4-10)5-11/h7-8H,3,6H2,1-2H3. The monoisotopic (exact) mass is 180 g/mol. The van der Waals surface area contributed by atoms with Crippen LogP contribution in [0.25, 0.3) is 0 Å². The van der Waals surface area contributed by atoms with Gasteiger partial charge in [0.25, 0.3) is 0 Å². The van der Waals surface area contributed by atoms with E-state index in [1.165, 1.54) is 0 Å². The topological polar surface area (TPSA) is 73.9 Å². The van der Waals surface area contributed by atoms with Gasteiger partial charge in [0.05, 0.1) is 18.7 Å². The van der Waals surface area contributed by atoms with Crippen molar-refractivity contribution in [1.82, 2.24) is 0 Å². The van der Waals surface area contributed by atoms with Crippen LogP contribution in [0.5, 0.6) is 0 Å². The molecule has 0 fully saturated rings. The first-order chi connectivity index (χ1) is 6.15. The van der Waals surface area contributed by atoms with Gasteiger partial charge in [-0.2, -0.15) is 10.5 Å². The molecule has 0 aromatic heterocycles. The van der Waals surface area contributed by atoms with Gasteiger partial charge in [0.1, 0.15) is 0 Å². The van der Waals surface area contributed by atoms with E-state index >= 15 is 0 Å². The highest BCUT2D eigenvalue weighted by molar-refractivity contribution is 5.78.